The fourth-order valence-electron chi connectivity index (χ4n) is 4.17. The number of nitrogens with one attached hydrogen (secondary N) is 1. The highest BCUT2D eigenvalue weighted by Gasteiger charge is 2.41. The monoisotopic (exact) mass is 339 g/mol. The van der Waals surface area contributed by atoms with Crippen LogP contribution in [0.2, 0.25) is 0 Å². The minimum Gasteiger partial charge on any atom is -0.464 e. The minimum absolute atomic E-state index is 0.144. The largest absolute Gasteiger partial charge is 0.464 e. The third-order valence-electron chi connectivity index (χ3n) is 5.82. The summed E-state index contributed by atoms with van der Waals surface area (Å²) >= 11 is 0. The van der Waals surface area contributed by atoms with Crippen LogP contribution in [0.4, 0.5) is 5.69 Å². The highest BCUT2D eigenvalue weighted by molar-refractivity contribution is 5.58. The Morgan fingerprint density at radius 1 is 1.12 bits per heavy atom. The highest BCUT2D eigenvalue weighted by atomic mass is 16.5. The Morgan fingerprint density at radius 3 is 2.60 bits per heavy atom. The summed E-state index contributed by atoms with van der Waals surface area (Å²) in [7, 11) is 0. The van der Waals surface area contributed by atoms with E-state index in [9.17, 15) is 0 Å². The van der Waals surface area contributed by atoms with Crippen molar-refractivity contribution in [1.29, 1.82) is 0 Å². The van der Waals surface area contributed by atoms with Crippen LogP contribution in [0.15, 0.2) is 28.7 Å². The van der Waals surface area contributed by atoms with Gasteiger partial charge in [-0.15, -0.1) is 0 Å². The van der Waals surface area contributed by atoms with Crippen LogP contribution in [0.5, 0.6) is 0 Å². The second kappa shape index (κ2) is 5.91. The molecule has 0 unspecified atom stereocenters. The van der Waals surface area contributed by atoms with Crippen LogP contribution >= 0.6 is 0 Å². The smallest absolute Gasteiger partial charge is 0.127 e. The average molecular weight is 339 g/mol. The van der Waals surface area contributed by atoms with E-state index in [1.165, 1.54) is 28.8 Å². The molecule has 2 aliphatic rings. The van der Waals surface area contributed by atoms with Crippen molar-refractivity contribution in [1.82, 2.24) is 0 Å². The summed E-state index contributed by atoms with van der Waals surface area (Å²) in [5.74, 6) is 2.47. The van der Waals surface area contributed by atoms with E-state index < -0.39 is 0 Å². The van der Waals surface area contributed by atoms with E-state index in [0.717, 1.165) is 24.5 Å². The lowest BCUT2D eigenvalue weighted by molar-refractivity contribution is -0.0402. The van der Waals surface area contributed by atoms with Crippen molar-refractivity contribution >= 4 is 5.69 Å². The van der Waals surface area contributed by atoms with E-state index in [4.69, 9.17) is 9.15 Å². The summed E-state index contributed by atoms with van der Waals surface area (Å²) in [6.07, 6.45) is 2.44. The van der Waals surface area contributed by atoms with Gasteiger partial charge < -0.3 is 14.5 Å². The predicted molar refractivity (Wildman–Crippen MR) is 101 cm³/mol. The average Bonchev–Trinajstić information content (AvgIpc) is 2.91. The number of aryl methyl sites for hydroxylation is 2. The van der Waals surface area contributed by atoms with Crippen LogP contribution in [-0.2, 0) is 10.2 Å². The zero-order chi connectivity index (χ0) is 17.8. The van der Waals surface area contributed by atoms with Gasteiger partial charge in [0.1, 0.15) is 11.5 Å². The van der Waals surface area contributed by atoms with Gasteiger partial charge in [0.2, 0.25) is 0 Å². The lowest BCUT2D eigenvalue weighted by Gasteiger charge is -2.43. The SMILES string of the molecule is Cc1cc([C@@H]2Nc3ccc(C(C)(C)C)cc3[C@H]3OCCC[C@H]32)oc1C. The molecule has 3 heterocycles. The summed E-state index contributed by atoms with van der Waals surface area (Å²) in [5, 5.41) is 3.76. The van der Waals surface area contributed by atoms with Crippen molar-refractivity contribution in [3.8, 4) is 0 Å². The molecular weight excluding hydrogens is 310 g/mol. The molecule has 4 rings (SSSR count). The number of furan rings is 1. The Hall–Kier alpha value is -1.74. The maximum Gasteiger partial charge on any atom is 0.127 e. The molecule has 0 spiro atoms. The fraction of sp³-hybridized carbons (Fsp3) is 0.545. The van der Waals surface area contributed by atoms with Gasteiger partial charge in [0.15, 0.2) is 0 Å². The lowest BCUT2D eigenvalue weighted by Crippen LogP contribution is -2.36. The van der Waals surface area contributed by atoms with Crippen molar-refractivity contribution in [2.45, 2.75) is 65.0 Å². The van der Waals surface area contributed by atoms with Crippen molar-refractivity contribution in [2.75, 3.05) is 11.9 Å². The Labute approximate surface area is 150 Å². The van der Waals surface area contributed by atoms with Crippen molar-refractivity contribution < 1.29 is 9.15 Å². The maximum atomic E-state index is 6.28. The molecule has 3 nitrogen and oxygen atoms in total. The van der Waals surface area contributed by atoms with Gasteiger partial charge in [-0.2, -0.15) is 0 Å². The van der Waals surface area contributed by atoms with Gasteiger partial charge in [-0.25, -0.2) is 0 Å². The lowest BCUT2D eigenvalue weighted by atomic mass is 9.77. The summed E-state index contributed by atoms with van der Waals surface area (Å²) in [5.41, 5.74) is 5.23. The van der Waals surface area contributed by atoms with Gasteiger partial charge in [0.05, 0.1) is 12.1 Å². The third kappa shape index (κ3) is 2.89. The third-order valence-corrected chi connectivity index (χ3v) is 5.82. The first-order valence-corrected chi connectivity index (χ1v) is 9.44. The molecule has 1 aromatic heterocycles. The Morgan fingerprint density at radius 2 is 1.92 bits per heavy atom. The molecule has 1 N–H and O–H groups in total. The molecule has 1 aromatic carbocycles. The molecule has 2 aromatic rings. The number of fused-ring (bicyclic) bond motifs is 3. The molecule has 3 atom stereocenters. The van der Waals surface area contributed by atoms with Crippen LogP contribution in [0.3, 0.4) is 0 Å². The molecule has 3 heteroatoms. The molecule has 0 radical (unpaired) electrons. The van der Waals surface area contributed by atoms with Crippen molar-refractivity contribution in [2.24, 2.45) is 5.92 Å². The van der Waals surface area contributed by atoms with Crippen LogP contribution in [0, 0.1) is 19.8 Å². The van der Waals surface area contributed by atoms with E-state index in [2.05, 4.69) is 57.3 Å². The standard InChI is InChI=1S/C22H29NO2/c1-13-11-19(25-14(13)2)20-16-7-6-10-24-21(16)17-12-15(22(3,4)5)8-9-18(17)23-20/h8-9,11-12,16,20-21,23H,6-7,10H2,1-5H3/t16-,20+,21-/m0/s1. The maximum absolute atomic E-state index is 6.28. The zero-order valence-electron chi connectivity index (χ0n) is 16.0. The number of rotatable bonds is 1. The summed E-state index contributed by atoms with van der Waals surface area (Å²) in [4.78, 5) is 0. The van der Waals surface area contributed by atoms with Crippen molar-refractivity contribution in [3.05, 3.63) is 52.5 Å². The van der Waals surface area contributed by atoms with E-state index in [1.807, 2.05) is 6.92 Å². The molecule has 1 saturated heterocycles. The summed E-state index contributed by atoms with van der Waals surface area (Å²) < 4.78 is 12.4. The Kier molecular flexibility index (Phi) is 3.95. The molecule has 2 aliphatic heterocycles. The molecule has 0 amide bonds. The van der Waals surface area contributed by atoms with Gasteiger partial charge in [-0.1, -0.05) is 32.9 Å². The molecule has 0 bridgehead atoms. The fourth-order valence-corrected chi connectivity index (χ4v) is 4.17. The normalized spacial score (nSPS) is 25.9. The molecule has 25 heavy (non-hydrogen) atoms. The molecular formula is C22H29NO2. The molecule has 1 fully saturated rings. The quantitative estimate of drug-likeness (QED) is 0.710. The van der Waals surface area contributed by atoms with E-state index in [-0.39, 0.29) is 17.6 Å². The van der Waals surface area contributed by atoms with Crippen LogP contribution in [0.1, 0.15) is 74.0 Å². The van der Waals surface area contributed by atoms with Gasteiger partial charge in [-0.05, 0) is 55.4 Å². The van der Waals surface area contributed by atoms with Crippen molar-refractivity contribution in [3.63, 3.8) is 0 Å². The van der Waals surface area contributed by atoms with Crippen LogP contribution in [0.25, 0.3) is 0 Å². The highest BCUT2D eigenvalue weighted by Crippen LogP contribution is 2.50. The topological polar surface area (TPSA) is 34.4 Å². The van der Waals surface area contributed by atoms with E-state index in [1.54, 1.807) is 0 Å². The van der Waals surface area contributed by atoms with Gasteiger partial charge in [-0.3, -0.25) is 0 Å². The summed E-state index contributed by atoms with van der Waals surface area (Å²) in [6, 6.07) is 9.18. The Balaban J connectivity index is 1.77. The van der Waals surface area contributed by atoms with E-state index in [0.29, 0.717) is 5.92 Å². The first kappa shape index (κ1) is 16.7. The molecule has 0 aliphatic carbocycles. The number of ether oxygens (including phenoxy) is 1. The second-order valence-electron chi connectivity index (χ2n) is 8.66. The molecule has 134 valence electrons. The number of hydrogen-bond acceptors (Lipinski definition) is 3. The van der Waals surface area contributed by atoms with Crippen LogP contribution in [-0.4, -0.2) is 6.61 Å². The van der Waals surface area contributed by atoms with E-state index >= 15 is 0 Å². The number of hydrogen-bond donors (Lipinski definition) is 1. The molecule has 0 saturated carbocycles. The first-order valence-electron chi connectivity index (χ1n) is 9.44. The second-order valence-corrected chi connectivity index (χ2v) is 8.66. The Bertz CT molecular complexity index is 764. The minimum atomic E-state index is 0.144. The number of benzene rings is 1. The summed E-state index contributed by atoms with van der Waals surface area (Å²) in [6.45, 7) is 11.8. The predicted octanol–water partition coefficient (Wildman–Crippen LogP) is 5.83. The van der Waals surface area contributed by atoms with Crippen LogP contribution < -0.4 is 5.32 Å². The zero-order valence-corrected chi connectivity index (χ0v) is 16.0. The van der Waals surface area contributed by atoms with Gasteiger partial charge in [0.25, 0.3) is 0 Å². The van der Waals surface area contributed by atoms with Gasteiger partial charge >= 0.3 is 0 Å². The number of anilines is 1. The van der Waals surface area contributed by atoms with Gasteiger partial charge in [0, 0.05) is 23.8 Å². The first-order chi connectivity index (χ1) is 11.8.